The van der Waals surface area contributed by atoms with Crippen LogP contribution in [0.1, 0.15) is 5.56 Å². The Hall–Kier alpha value is -1.34. The molecule has 0 spiro atoms. The number of thiazole rings is 1. The predicted octanol–water partition coefficient (Wildman–Crippen LogP) is 4.62. The van der Waals surface area contributed by atoms with Crippen LogP contribution in [0.25, 0.3) is 10.2 Å². The molecule has 0 fully saturated rings. The number of aromatic nitrogens is 1. The molecular formula is C15H12Cl2N2O2S2. The van der Waals surface area contributed by atoms with Crippen LogP contribution in [0.5, 0.6) is 0 Å². The summed E-state index contributed by atoms with van der Waals surface area (Å²) in [5.74, 6) is 0. The van der Waals surface area contributed by atoms with E-state index in [0.717, 1.165) is 15.8 Å². The monoisotopic (exact) mass is 386 g/mol. The third-order valence-electron chi connectivity index (χ3n) is 3.23. The van der Waals surface area contributed by atoms with Gasteiger partial charge in [0.1, 0.15) is 0 Å². The Labute approximate surface area is 148 Å². The third kappa shape index (κ3) is 3.77. The fourth-order valence-corrected chi connectivity index (χ4v) is 4.14. The van der Waals surface area contributed by atoms with Gasteiger partial charge >= 0.3 is 0 Å². The molecule has 0 amide bonds. The van der Waals surface area contributed by atoms with Crippen LogP contribution >= 0.6 is 34.5 Å². The Morgan fingerprint density at radius 1 is 1.17 bits per heavy atom. The topological polar surface area (TPSA) is 59.1 Å². The molecule has 0 aliphatic rings. The molecule has 3 aromatic rings. The fourth-order valence-electron chi connectivity index (χ4n) is 2.05. The van der Waals surface area contributed by atoms with Crippen molar-refractivity contribution in [2.45, 2.75) is 11.4 Å². The lowest BCUT2D eigenvalue weighted by molar-refractivity contribution is 0.602. The number of fused-ring (bicyclic) bond motifs is 1. The van der Waals surface area contributed by atoms with Crippen molar-refractivity contribution in [2.24, 2.45) is 0 Å². The van der Waals surface area contributed by atoms with Crippen molar-refractivity contribution in [3.05, 3.63) is 52.0 Å². The number of nitrogens with one attached hydrogen (secondary N) is 1. The maximum absolute atomic E-state index is 11.6. The first kappa shape index (κ1) is 16.5. The average Bonchev–Trinajstić information content (AvgIpc) is 2.87. The lowest BCUT2D eigenvalue weighted by Gasteiger charge is -2.05. The first-order chi connectivity index (χ1) is 10.8. The van der Waals surface area contributed by atoms with Crippen molar-refractivity contribution in [3.8, 4) is 0 Å². The summed E-state index contributed by atoms with van der Waals surface area (Å²) < 4.78 is 24.0. The van der Waals surface area contributed by atoms with Gasteiger partial charge in [-0.1, -0.05) is 40.6 Å². The quantitative estimate of drug-likeness (QED) is 0.710. The van der Waals surface area contributed by atoms with E-state index < -0.39 is 9.84 Å². The molecular weight excluding hydrogens is 375 g/mol. The number of hydrogen-bond acceptors (Lipinski definition) is 5. The molecule has 3 rings (SSSR count). The van der Waals surface area contributed by atoms with E-state index in [1.165, 1.54) is 17.6 Å². The summed E-state index contributed by atoms with van der Waals surface area (Å²) in [6.45, 7) is 0.509. The number of rotatable bonds is 4. The summed E-state index contributed by atoms with van der Waals surface area (Å²) >= 11 is 13.4. The summed E-state index contributed by atoms with van der Waals surface area (Å²) in [7, 11) is -3.22. The van der Waals surface area contributed by atoms with E-state index in [2.05, 4.69) is 10.3 Å². The molecule has 0 unspecified atom stereocenters. The Morgan fingerprint density at radius 2 is 1.96 bits per heavy atom. The largest absolute Gasteiger partial charge is 0.357 e. The Bertz CT molecular complexity index is 984. The maximum atomic E-state index is 11.6. The lowest BCUT2D eigenvalue weighted by Crippen LogP contribution is -1.99. The minimum atomic E-state index is -3.22. The van der Waals surface area contributed by atoms with Gasteiger partial charge < -0.3 is 5.32 Å². The standard InChI is InChI=1S/C15H12Cl2N2O2S2/c1-23(20,21)11-4-5-13-14(7-11)22-15(19-13)18-8-9-2-3-10(16)6-12(9)17/h2-7H,8H2,1H3,(H,18,19). The number of halogens is 2. The van der Waals surface area contributed by atoms with Crippen molar-refractivity contribution in [1.29, 1.82) is 0 Å². The average molecular weight is 387 g/mol. The molecule has 0 saturated carbocycles. The van der Waals surface area contributed by atoms with Crippen molar-refractivity contribution in [1.82, 2.24) is 4.98 Å². The van der Waals surface area contributed by atoms with E-state index in [9.17, 15) is 8.42 Å². The van der Waals surface area contributed by atoms with Gasteiger partial charge in [0.25, 0.3) is 0 Å². The minimum Gasteiger partial charge on any atom is -0.357 e. The van der Waals surface area contributed by atoms with Gasteiger partial charge in [-0.25, -0.2) is 13.4 Å². The second-order valence-electron chi connectivity index (χ2n) is 5.01. The SMILES string of the molecule is CS(=O)(=O)c1ccc2nc(NCc3ccc(Cl)cc3Cl)sc2c1. The molecule has 0 radical (unpaired) electrons. The van der Waals surface area contributed by atoms with E-state index in [0.29, 0.717) is 26.6 Å². The Balaban J connectivity index is 1.83. The molecule has 0 bridgehead atoms. The van der Waals surface area contributed by atoms with Crippen molar-refractivity contribution in [3.63, 3.8) is 0 Å². The highest BCUT2D eigenvalue weighted by Crippen LogP contribution is 2.29. The summed E-state index contributed by atoms with van der Waals surface area (Å²) in [5.41, 5.74) is 1.67. The Morgan fingerprint density at radius 3 is 2.65 bits per heavy atom. The van der Waals surface area contributed by atoms with Gasteiger partial charge in [-0.05, 0) is 35.9 Å². The molecule has 0 saturated heterocycles. The summed E-state index contributed by atoms with van der Waals surface area (Å²) in [5, 5.41) is 5.08. The van der Waals surface area contributed by atoms with Crippen molar-refractivity contribution in [2.75, 3.05) is 11.6 Å². The fraction of sp³-hybridized carbons (Fsp3) is 0.133. The predicted molar refractivity (Wildman–Crippen MR) is 96.5 cm³/mol. The number of nitrogens with zero attached hydrogens (tertiary/aromatic N) is 1. The number of hydrogen-bond donors (Lipinski definition) is 1. The molecule has 1 heterocycles. The molecule has 120 valence electrons. The molecule has 1 N–H and O–H groups in total. The van der Waals surface area contributed by atoms with E-state index in [4.69, 9.17) is 23.2 Å². The number of sulfone groups is 1. The van der Waals surface area contributed by atoms with Gasteiger partial charge in [-0.2, -0.15) is 0 Å². The smallest absolute Gasteiger partial charge is 0.184 e. The molecule has 2 aromatic carbocycles. The second kappa shape index (κ2) is 6.28. The van der Waals surface area contributed by atoms with Gasteiger partial charge in [-0.15, -0.1) is 0 Å². The van der Waals surface area contributed by atoms with Crippen LogP contribution in [0.4, 0.5) is 5.13 Å². The first-order valence-corrected chi connectivity index (χ1v) is 10.1. The Kier molecular flexibility index (Phi) is 4.51. The van der Waals surface area contributed by atoms with Crippen LogP contribution in [-0.4, -0.2) is 19.7 Å². The van der Waals surface area contributed by atoms with Gasteiger partial charge in [0, 0.05) is 22.8 Å². The van der Waals surface area contributed by atoms with Crippen LogP contribution in [-0.2, 0) is 16.4 Å². The van der Waals surface area contributed by atoms with Crippen molar-refractivity contribution >= 4 is 59.7 Å². The summed E-state index contributed by atoms with van der Waals surface area (Å²) in [6, 6.07) is 10.2. The highest BCUT2D eigenvalue weighted by atomic mass is 35.5. The zero-order valence-corrected chi connectivity index (χ0v) is 15.2. The van der Waals surface area contributed by atoms with Gasteiger partial charge in [0.2, 0.25) is 0 Å². The van der Waals surface area contributed by atoms with Gasteiger partial charge in [-0.3, -0.25) is 0 Å². The molecule has 0 aliphatic heterocycles. The van der Waals surface area contributed by atoms with Crippen LogP contribution in [0.15, 0.2) is 41.3 Å². The normalized spacial score (nSPS) is 11.8. The van der Waals surface area contributed by atoms with E-state index >= 15 is 0 Å². The second-order valence-corrected chi connectivity index (χ2v) is 8.90. The number of benzene rings is 2. The highest BCUT2D eigenvalue weighted by molar-refractivity contribution is 7.90. The maximum Gasteiger partial charge on any atom is 0.184 e. The molecule has 0 aliphatic carbocycles. The van der Waals surface area contributed by atoms with Crippen LogP contribution < -0.4 is 5.32 Å². The highest BCUT2D eigenvalue weighted by Gasteiger charge is 2.11. The van der Waals surface area contributed by atoms with Crippen LogP contribution in [0.3, 0.4) is 0 Å². The van der Waals surface area contributed by atoms with Gasteiger partial charge in [0.15, 0.2) is 15.0 Å². The molecule has 8 heteroatoms. The minimum absolute atomic E-state index is 0.293. The molecule has 0 atom stereocenters. The van der Waals surface area contributed by atoms with Gasteiger partial charge in [0.05, 0.1) is 15.1 Å². The van der Waals surface area contributed by atoms with E-state index in [1.54, 1.807) is 30.3 Å². The molecule has 23 heavy (non-hydrogen) atoms. The first-order valence-electron chi connectivity index (χ1n) is 6.61. The lowest BCUT2D eigenvalue weighted by atomic mass is 10.2. The van der Waals surface area contributed by atoms with E-state index in [-0.39, 0.29) is 0 Å². The molecule has 4 nitrogen and oxygen atoms in total. The summed E-state index contributed by atoms with van der Waals surface area (Å²) in [6.07, 6.45) is 1.19. The van der Waals surface area contributed by atoms with Crippen LogP contribution in [0, 0.1) is 0 Å². The van der Waals surface area contributed by atoms with Crippen LogP contribution in [0.2, 0.25) is 10.0 Å². The van der Waals surface area contributed by atoms with E-state index in [1.807, 2.05) is 6.07 Å². The zero-order chi connectivity index (χ0) is 16.6. The molecule has 1 aromatic heterocycles. The van der Waals surface area contributed by atoms with Crippen molar-refractivity contribution < 1.29 is 8.42 Å². The third-order valence-corrected chi connectivity index (χ3v) is 5.91. The number of anilines is 1. The summed E-state index contributed by atoms with van der Waals surface area (Å²) in [4.78, 5) is 4.73. The zero-order valence-electron chi connectivity index (χ0n) is 12.0.